The van der Waals surface area contributed by atoms with Crippen LogP contribution in [0.3, 0.4) is 0 Å². The van der Waals surface area contributed by atoms with Crippen LogP contribution in [0.1, 0.15) is 27.9 Å². The number of benzene rings is 3. The number of carbonyl (C=O) groups is 2. The van der Waals surface area contributed by atoms with Crippen LogP contribution in [0.5, 0.6) is 17.2 Å². The second kappa shape index (κ2) is 12.1. The molecule has 1 aliphatic heterocycles. The largest absolute Gasteiger partial charge is 0.506 e. The molecule has 4 rings (SSSR count). The molecule has 1 unspecified atom stereocenters. The summed E-state index contributed by atoms with van der Waals surface area (Å²) in [7, 11) is 1.44. The van der Waals surface area contributed by atoms with E-state index in [1.54, 1.807) is 18.2 Å². The van der Waals surface area contributed by atoms with Gasteiger partial charge in [0.25, 0.3) is 5.91 Å². The van der Waals surface area contributed by atoms with Crippen LogP contribution < -0.4 is 26.4 Å². The number of nitrogens with two attached hydrogens (primary N) is 2. The highest BCUT2D eigenvalue weighted by Gasteiger charge is 2.24. The number of nitrogens with one attached hydrogen (secondary N) is 1. The number of Topliss-reactive ketones (excluding diaryl/α,β-unsaturated/α-hetero) is 1. The molecule has 10 nitrogen and oxygen atoms in total. The Balaban J connectivity index is 1.34. The second-order valence-corrected chi connectivity index (χ2v) is 9.01. The lowest BCUT2D eigenvalue weighted by Gasteiger charge is -2.17. The van der Waals surface area contributed by atoms with E-state index in [2.05, 4.69) is 27.5 Å². The number of phenols is 1. The van der Waals surface area contributed by atoms with Gasteiger partial charge in [0.15, 0.2) is 6.61 Å². The van der Waals surface area contributed by atoms with E-state index in [1.165, 1.54) is 30.9 Å². The summed E-state index contributed by atoms with van der Waals surface area (Å²) < 4.78 is 11.1. The van der Waals surface area contributed by atoms with E-state index in [0.29, 0.717) is 17.1 Å². The van der Waals surface area contributed by atoms with E-state index in [0.717, 1.165) is 26.1 Å². The molecule has 0 aromatic heterocycles. The third-order valence-corrected chi connectivity index (χ3v) is 6.32. The summed E-state index contributed by atoms with van der Waals surface area (Å²) in [6, 6.07) is 19.1. The number of aromatic hydroxyl groups is 1. The monoisotopic (exact) mass is 517 g/mol. The first-order valence-corrected chi connectivity index (χ1v) is 12.2. The highest BCUT2D eigenvalue weighted by atomic mass is 16.5. The third kappa shape index (κ3) is 6.40. The quantitative estimate of drug-likeness (QED) is 0.0798. The lowest BCUT2D eigenvalue weighted by atomic mass is 9.99. The highest BCUT2D eigenvalue weighted by Crippen LogP contribution is 2.28. The summed E-state index contributed by atoms with van der Waals surface area (Å²) in [6.45, 7) is 2.39. The van der Waals surface area contributed by atoms with E-state index in [1.807, 2.05) is 18.2 Å². The van der Waals surface area contributed by atoms with Crippen LogP contribution in [0.25, 0.3) is 0 Å². The maximum Gasteiger partial charge on any atom is 0.258 e. The topological polar surface area (TPSA) is 152 Å². The number of carbonyl (C=O) groups excluding carboxylic acids is 2. The first-order chi connectivity index (χ1) is 18.4. The normalized spacial score (nSPS) is 15.7. The zero-order valence-electron chi connectivity index (χ0n) is 21.1. The van der Waals surface area contributed by atoms with Gasteiger partial charge in [0.2, 0.25) is 5.78 Å². The number of ketones is 1. The van der Waals surface area contributed by atoms with Crippen molar-refractivity contribution in [1.29, 1.82) is 0 Å². The molecule has 10 heteroatoms. The molecule has 1 atom stereocenters. The number of methoxy groups -OCH3 is 1. The van der Waals surface area contributed by atoms with Crippen molar-refractivity contribution in [1.82, 2.24) is 10.2 Å². The molecule has 0 aliphatic carbocycles. The molecule has 0 bridgehead atoms. The van der Waals surface area contributed by atoms with Crippen LogP contribution in [0.2, 0.25) is 0 Å². The number of hydrogen-bond donors (Lipinski definition) is 4. The maximum atomic E-state index is 13.0. The molecule has 0 radical (unpaired) electrons. The van der Waals surface area contributed by atoms with Crippen LogP contribution in [0, 0.1) is 0 Å². The van der Waals surface area contributed by atoms with Gasteiger partial charge in [0.1, 0.15) is 23.0 Å². The molecule has 1 aliphatic rings. The van der Waals surface area contributed by atoms with Gasteiger partial charge in [-0.25, -0.2) is 0 Å². The van der Waals surface area contributed by atoms with Gasteiger partial charge in [0.05, 0.1) is 12.8 Å². The molecule has 6 N–H and O–H groups in total. The fourth-order valence-corrected chi connectivity index (χ4v) is 4.39. The van der Waals surface area contributed by atoms with E-state index < -0.39 is 5.78 Å². The SMILES string of the molecule is COc1cc(OCC(=O)NC2CCN(Cc3ccccc3)C2)ccc1C(=NN)C(=O)c1ccc(O)c(N)c1. The number of amides is 1. The average Bonchev–Trinajstić information content (AvgIpc) is 3.36. The number of likely N-dealkylation sites (tertiary alicyclic amines) is 1. The summed E-state index contributed by atoms with van der Waals surface area (Å²) in [5, 5.41) is 16.3. The molecule has 1 fully saturated rings. The molecular formula is C28H31N5O5. The van der Waals surface area contributed by atoms with E-state index in [4.69, 9.17) is 21.1 Å². The molecule has 0 saturated carbocycles. The van der Waals surface area contributed by atoms with Gasteiger partial charge in [-0.05, 0) is 42.3 Å². The van der Waals surface area contributed by atoms with Crippen molar-refractivity contribution in [2.45, 2.75) is 19.0 Å². The molecule has 198 valence electrons. The fourth-order valence-electron chi connectivity index (χ4n) is 4.39. The zero-order chi connectivity index (χ0) is 27.1. The molecule has 0 spiro atoms. The van der Waals surface area contributed by atoms with Gasteiger partial charge < -0.3 is 31.5 Å². The van der Waals surface area contributed by atoms with Gasteiger partial charge in [-0.2, -0.15) is 5.10 Å². The molecule has 3 aromatic rings. The molecular weight excluding hydrogens is 486 g/mol. The van der Waals surface area contributed by atoms with Crippen LogP contribution in [0.15, 0.2) is 71.8 Å². The summed E-state index contributed by atoms with van der Waals surface area (Å²) in [5.74, 6) is 5.37. The number of ether oxygens (including phenoxy) is 2. The molecule has 1 saturated heterocycles. The lowest BCUT2D eigenvalue weighted by molar-refractivity contribution is -0.123. The molecule has 1 heterocycles. The first kappa shape index (κ1) is 26.5. The Kier molecular flexibility index (Phi) is 8.44. The number of nitrogens with zero attached hydrogens (tertiary/aromatic N) is 2. The van der Waals surface area contributed by atoms with E-state index in [-0.39, 0.29) is 41.3 Å². The third-order valence-electron chi connectivity index (χ3n) is 6.32. The number of rotatable bonds is 10. The van der Waals surface area contributed by atoms with Gasteiger partial charge in [-0.15, -0.1) is 0 Å². The Morgan fingerprint density at radius 2 is 1.92 bits per heavy atom. The van der Waals surface area contributed by atoms with Gasteiger partial charge in [-0.3, -0.25) is 14.5 Å². The first-order valence-electron chi connectivity index (χ1n) is 12.2. The summed E-state index contributed by atoms with van der Waals surface area (Å²) in [6.07, 6.45) is 0.878. The zero-order valence-corrected chi connectivity index (χ0v) is 21.1. The van der Waals surface area contributed by atoms with Crippen molar-refractivity contribution in [3.05, 3.63) is 83.4 Å². The summed E-state index contributed by atoms with van der Waals surface area (Å²) in [5.41, 5.74) is 7.51. The van der Waals surface area contributed by atoms with Crippen molar-refractivity contribution in [3.63, 3.8) is 0 Å². The Morgan fingerprint density at radius 1 is 1.13 bits per heavy atom. The maximum absolute atomic E-state index is 13.0. The van der Waals surface area contributed by atoms with Crippen molar-refractivity contribution in [2.24, 2.45) is 10.9 Å². The highest BCUT2D eigenvalue weighted by molar-refractivity contribution is 6.52. The van der Waals surface area contributed by atoms with Crippen molar-refractivity contribution in [3.8, 4) is 17.2 Å². The Morgan fingerprint density at radius 3 is 2.63 bits per heavy atom. The number of hydrazone groups is 1. The van der Waals surface area contributed by atoms with Gasteiger partial charge in [-0.1, -0.05) is 30.3 Å². The number of phenolic OH excluding ortho intramolecular Hbond substituents is 1. The van der Waals surface area contributed by atoms with Crippen LogP contribution >= 0.6 is 0 Å². The fraction of sp³-hybridized carbons (Fsp3) is 0.250. The van der Waals surface area contributed by atoms with E-state index >= 15 is 0 Å². The van der Waals surface area contributed by atoms with Crippen LogP contribution in [-0.2, 0) is 11.3 Å². The predicted octanol–water partition coefficient (Wildman–Crippen LogP) is 2.30. The van der Waals surface area contributed by atoms with Crippen molar-refractivity contribution >= 4 is 23.1 Å². The number of anilines is 1. The Hall–Kier alpha value is -4.57. The number of hydrogen-bond acceptors (Lipinski definition) is 9. The minimum atomic E-state index is -0.497. The van der Waals surface area contributed by atoms with Crippen molar-refractivity contribution < 1.29 is 24.2 Å². The molecule has 1 amide bonds. The summed E-state index contributed by atoms with van der Waals surface area (Å²) >= 11 is 0. The molecule has 38 heavy (non-hydrogen) atoms. The number of nitrogen functional groups attached to an aromatic ring is 1. The van der Waals surface area contributed by atoms with E-state index in [9.17, 15) is 14.7 Å². The van der Waals surface area contributed by atoms with Crippen LogP contribution in [0.4, 0.5) is 5.69 Å². The minimum absolute atomic E-state index is 0.0578. The summed E-state index contributed by atoms with van der Waals surface area (Å²) in [4.78, 5) is 27.8. The smallest absolute Gasteiger partial charge is 0.258 e. The van der Waals surface area contributed by atoms with Crippen LogP contribution in [-0.4, -0.2) is 60.3 Å². The Labute approximate surface area is 220 Å². The molecule has 3 aromatic carbocycles. The average molecular weight is 518 g/mol. The predicted molar refractivity (Wildman–Crippen MR) is 144 cm³/mol. The Bertz CT molecular complexity index is 1330. The van der Waals surface area contributed by atoms with Gasteiger partial charge in [0, 0.05) is 42.9 Å². The minimum Gasteiger partial charge on any atom is -0.506 e. The lowest BCUT2D eigenvalue weighted by Crippen LogP contribution is -2.39. The standard InChI is InChI=1S/C28H31N5O5/c1-37-25-14-21(8-9-22(25)27(32-30)28(36)19-7-10-24(34)23(29)13-19)38-17-26(35)31-20-11-12-33(16-20)15-18-5-3-2-4-6-18/h2-10,13-14,20,34H,11-12,15-17,29-30H2,1H3,(H,31,35). The van der Waals surface area contributed by atoms with Gasteiger partial charge >= 0.3 is 0 Å². The second-order valence-electron chi connectivity index (χ2n) is 9.01. The van der Waals surface area contributed by atoms with Crippen molar-refractivity contribution in [2.75, 3.05) is 32.5 Å².